The normalized spacial score (nSPS) is 20.5. The number of oxime groups is 1. The van der Waals surface area contributed by atoms with Crippen molar-refractivity contribution in [3.8, 4) is 6.07 Å². The third-order valence-electron chi connectivity index (χ3n) is 4.80. The summed E-state index contributed by atoms with van der Waals surface area (Å²) in [7, 11) is 0. The number of hydrogen-bond acceptors (Lipinski definition) is 6. The standard InChI is InChI=1S/C21H18N4O3S/c22-11-14-6-8-16(9-7-14)23-20(26)18-12-29-13-25(18)21(27)19-10-17(24-28-19)15-4-2-1-3-5-15/h1-9,18-19H,10,12-13H2,(H,23,26). The second-order valence-electron chi connectivity index (χ2n) is 6.70. The smallest absolute Gasteiger partial charge is 0.268 e. The van der Waals surface area contributed by atoms with E-state index in [4.69, 9.17) is 10.1 Å². The molecule has 0 aromatic heterocycles. The van der Waals surface area contributed by atoms with Crippen LogP contribution in [0, 0.1) is 11.3 Å². The highest BCUT2D eigenvalue weighted by Gasteiger charge is 2.40. The fourth-order valence-corrected chi connectivity index (χ4v) is 4.39. The molecule has 0 radical (unpaired) electrons. The summed E-state index contributed by atoms with van der Waals surface area (Å²) in [4.78, 5) is 32.7. The average Bonchev–Trinajstić information content (AvgIpc) is 3.44. The van der Waals surface area contributed by atoms with Gasteiger partial charge in [-0.3, -0.25) is 9.59 Å². The Labute approximate surface area is 172 Å². The Bertz CT molecular complexity index is 985. The minimum atomic E-state index is -0.714. The Morgan fingerprint density at radius 2 is 1.93 bits per heavy atom. The number of amides is 2. The molecule has 0 aliphatic carbocycles. The molecule has 2 amide bonds. The lowest BCUT2D eigenvalue weighted by Crippen LogP contribution is -2.48. The van der Waals surface area contributed by atoms with E-state index in [0.29, 0.717) is 29.3 Å². The average molecular weight is 406 g/mol. The molecular formula is C21H18N4O3S. The molecule has 1 fully saturated rings. The van der Waals surface area contributed by atoms with Crippen molar-refractivity contribution in [2.24, 2.45) is 5.16 Å². The molecule has 0 spiro atoms. The minimum absolute atomic E-state index is 0.232. The van der Waals surface area contributed by atoms with E-state index >= 15 is 0 Å². The molecule has 1 N–H and O–H groups in total. The molecule has 8 heteroatoms. The van der Waals surface area contributed by atoms with Gasteiger partial charge in [0.25, 0.3) is 5.91 Å². The van der Waals surface area contributed by atoms with Crippen LogP contribution in [0.2, 0.25) is 0 Å². The predicted octanol–water partition coefficient (Wildman–Crippen LogP) is 2.59. The van der Waals surface area contributed by atoms with Crippen LogP contribution in [-0.2, 0) is 14.4 Å². The number of thioether (sulfide) groups is 1. The van der Waals surface area contributed by atoms with Gasteiger partial charge in [-0.25, -0.2) is 0 Å². The van der Waals surface area contributed by atoms with Gasteiger partial charge in [-0.2, -0.15) is 5.26 Å². The van der Waals surface area contributed by atoms with Crippen molar-refractivity contribution in [1.29, 1.82) is 5.26 Å². The van der Waals surface area contributed by atoms with Gasteiger partial charge >= 0.3 is 0 Å². The maximum Gasteiger partial charge on any atom is 0.268 e. The van der Waals surface area contributed by atoms with Crippen molar-refractivity contribution in [2.45, 2.75) is 18.6 Å². The first-order valence-electron chi connectivity index (χ1n) is 9.13. The zero-order valence-electron chi connectivity index (χ0n) is 15.4. The SMILES string of the molecule is N#Cc1ccc(NC(=O)C2CSCN2C(=O)C2CC(c3ccccc3)=NO2)cc1. The fourth-order valence-electron chi connectivity index (χ4n) is 3.23. The van der Waals surface area contributed by atoms with Crippen LogP contribution in [0.4, 0.5) is 5.69 Å². The molecule has 29 heavy (non-hydrogen) atoms. The van der Waals surface area contributed by atoms with Crippen molar-refractivity contribution in [2.75, 3.05) is 16.9 Å². The lowest BCUT2D eigenvalue weighted by Gasteiger charge is -2.24. The number of benzene rings is 2. The Morgan fingerprint density at radius 3 is 2.66 bits per heavy atom. The van der Waals surface area contributed by atoms with Gasteiger partial charge in [-0.05, 0) is 29.8 Å². The highest BCUT2D eigenvalue weighted by Crippen LogP contribution is 2.26. The summed E-state index contributed by atoms with van der Waals surface area (Å²) in [5.74, 6) is 0.470. The van der Waals surface area contributed by atoms with E-state index in [1.165, 1.54) is 11.8 Å². The monoisotopic (exact) mass is 406 g/mol. The molecule has 146 valence electrons. The number of nitrogens with zero attached hydrogens (tertiary/aromatic N) is 3. The third kappa shape index (κ3) is 4.10. The van der Waals surface area contributed by atoms with E-state index < -0.39 is 12.1 Å². The molecular weight excluding hydrogens is 388 g/mol. The van der Waals surface area contributed by atoms with Gasteiger partial charge < -0.3 is 15.1 Å². The number of rotatable bonds is 4. The van der Waals surface area contributed by atoms with E-state index in [2.05, 4.69) is 10.5 Å². The number of anilines is 1. The molecule has 7 nitrogen and oxygen atoms in total. The third-order valence-corrected chi connectivity index (χ3v) is 5.81. The van der Waals surface area contributed by atoms with Crippen LogP contribution in [0.3, 0.4) is 0 Å². The largest absolute Gasteiger partial charge is 0.382 e. The van der Waals surface area contributed by atoms with E-state index in [9.17, 15) is 9.59 Å². The van der Waals surface area contributed by atoms with Crippen LogP contribution in [0.5, 0.6) is 0 Å². The number of hydrogen-bond donors (Lipinski definition) is 1. The molecule has 4 rings (SSSR count). The molecule has 1 saturated heterocycles. The number of carbonyl (C=O) groups excluding carboxylic acids is 2. The molecule has 0 saturated carbocycles. The first kappa shape index (κ1) is 19.0. The summed E-state index contributed by atoms with van der Waals surface area (Å²) in [6, 6.07) is 17.7. The summed E-state index contributed by atoms with van der Waals surface area (Å²) in [6.07, 6.45) is -0.331. The van der Waals surface area contributed by atoms with Gasteiger partial charge in [0.1, 0.15) is 6.04 Å². The van der Waals surface area contributed by atoms with Crippen LogP contribution in [-0.4, -0.2) is 46.2 Å². The zero-order valence-corrected chi connectivity index (χ0v) is 16.3. The Hall–Kier alpha value is -3.31. The van der Waals surface area contributed by atoms with Crippen LogP contribution >= 0.6 is 11.8 Å². The predicted molar refractivity (Wildman–Crippen MR) is 110 cm³/mol. The molecule has 2 atom stereocenters. The van der Waals surface area contributed by atoms with Gasteiger partial charge in [0.2, 0.25) is 12.0 Å². The number of carbonyl (C=O) groups is 2. The molecule has 2 heterocycles. The van der Waals surface area contributed by atoms with Crippen molar-refractivity contribution < 1.29 is 14.4 Å². The molecule has 2 aromatic carbocycles. The van der Waals surface area contributed by atoms with Gasteiger partial charge in [0.15, 0.2) is 0 Å². The summed E-state index contributed by atoms with van der Waals surface area (Å²) < 4.78 is 0. The summed E-state index contributed by atoms with van der Waals surface area (Å²) in [5.41, 5.74) is 2.76. The lowest BCUT2D eigenvalue weighted by atomic mass is 10.0. The highest BCUT2D eigenvalue weighted by molar-refractivity contribution is 7.99. The number of nitrogens with one attached hydrogen (secondary N) is 1. The molecule has 2 aliphatic heterocycles. The first-order valence-corrected chi connectivity index (χ1v) is 10.3. The lowest BCUT2D eigenvalue weighted by molar-refractivity contribution is -0.145. The Balaban J connectivity index is 1.39. The number of nitriles is 1. The van der Waals surface area contributed by atoms with Crippen molar-refractivity contribution >= 4 is 35.0 Å². The van der Waals surface area contributed by atoms with Gasteiger partial charge in [-0.15, -0.1) is 11.8 Å². The summed E-state index contributed by atoms with van der Waals surface area (Å²) in [6.45, 7) is 0. The topological polar surface area (TPSA) is 94.8 Å². The molecule has 0 bridgehead atoms. The van der Waals surface area contributed by atoms with Crippen molar-refractivity contribution in [1.82, 2.24) is 4.90 Å². The van der Waals surface area contributed by atoms with Crippen LogP contribution in [0.25, 0.3) is 0 Å². The van der Waals surface area contributed by atoms with E-state index in [-0.39, 0.29) is 11.8 Å². The first-order chi connectivity index (χ1) is 14.2. The van der Waals surface area contributed by atoms with E-state index in [0.717, 1.165) is 11.3 Å². The van der Waals surface area contributed by atoms with E-state index in [1.807, 2.05) is 36.4 Å². The van der Waals surface area contributed by atoms with Crippen LogP contribution in [0.1, 0.15) is 17.5 Å². The van der Waals surface area contributed by atoms with Crippen molar-refractivity contribution in [3.63, 3.8) is 0 Å². The minimum Gasteiger partial charge on any atom is -0.382 e. The molecule has 2 aliphatic rings. The Morgan fingerprint density at radius 1 is 1.17 bits per heavy atom. The summed E-state index contributed by atoms with van der Waals surface area (Å²) >= 11 is 1.53. The van der Waals surface area contributed by atoms with Crippen molar-refractivity contribution in [3.05, 3.63) is 65.7 Å². The van der Waals surface area contributed by atoms with Crippen LogP contribution in [0.15, 0.2) is 59.8 Å². The molecule has 2 aromatic rings. The zero-order chi connectivity index (χ0) is 20.2. The van der Waals surface area contributed by atoms with Gasteiger partial charge in [-0.1, -0.05) is 35.5 Å². The quantitative estimate of drug-likeness (QED) is 0.842. The second-order valence-corrected chi connectivity index (χ2v) is 7.70. The maximum absolute atomic E-state index is 13.0. The van der Waals surface area contributed by atoms with Gasteiger partial charge in [0.05, 0.1) is 23.2 Å². The maximum atomic E-state index is 13.0. The van der Waals surface area contributed by atoms with Crippen LogP contribution < -0.4 is 5.32 Å². The second kappa shape index (κ2) is 8.37. The summed E-state index contributed by atoms with van der Waals surface area (Å²) in [5, 5.41) is 15.8. The van der Waals surface area contributed by atoms with Gasteiger partial charge in [0, 0.05) is 17.9 Å². The fraction of sp³-hybridized carbons (Fsp3) is 0.238. The highest BCUT2D eigenvalue weighted by atomic mass is 32.2. The Kier molecular flexibility index (Phi) is 5.49. The van der Waals surface area contributed by atoms with E-state index in [1.54, 1.807) is 29.2 Å². The molecule has 2 unspecified atom stereocenters.